The lowest BCUT2D eigenvalue weighted by atomic mass is 10.2. The van der Waals surface area contributed by atoms with Gasteiger partial charge in [0.05, 0.1) is 13.2 Å². The van der Waals surface area contributed by atoms with Crippen LogP contribution in [0.1, 0.15) is 13.3 Å². The monoisotopic (exact) mass is 301 g/mol. The Bertz CT molecular complexity index is 428. The van der Waals surface area contributed by atoms with E-state index < -0.39 is 0 Å². The minimum atomic E-state index is 0.197. The van der Waals surface area contributed by atoms with Crippen LogP contribution in [-0.2, 0) is 9.47 Å². The highest BCUT2D eigenvalue weighted by molar-refractivity contribution is 6.28. The first kappa shape index (κ1) is 15.2. The Kier molecular flexibility index (Phi) is 5.75. The molecular weight excluding hydrogens is 282 g/mol. The van der Waals surface area contributed by atoms with E-state index in [4.69, 9.17) is 21.1 Å². The lowest BCUT2D eigenvalue weighted by Crippen LogP contribution is -2.37. The molecule has 2 heterocycles. The zero-order valence-corrected chi connectivity index (χ0v) is 12.6. The summed E-state index contributed by atoms with van der Waals surface area (Å²) in [5.74, 6) is 1.09. The molecule has 7 nitrogen and oxygen atoms in total. The van der Waals surface area contributed by atoms with Crippen molar-refractivity contribution in [3.05, 3.63) is 5.28 Å². The number of rotatable bonds is 6. The van der Waals surface area contributed by atoms with Crippen LogP contribution >= 0.6 is 11.6 Å². The predicted molar refractivity (Wildman–Crippen MR) is 77.4 cm³/mol. The van der Waals surface area contributed by atoms with Gasteiger partial charge in [0, 0.05) is 32.8 Å². The summed E-state index contributed by atoms with van der Waals surface area (Å²) >= 11 is 5.97. The molecule has 112 valence electrons. The van der Waals surface area contributed by atoms with Crippen LogP contribution in [0.25, 0.3) is 0 Å². The highest BCUT2D eigenvalue weighted by Gasteiger charge is 2.16. The first-order valence-corrected chi connectivity index (χ1v) is 7.06. The normalized spacial score (nSPS) is 17.1. The minimum Gasteiger partial charge on any atom is -0.385 e. The molecule has 1 aliphatic rings. The molecule has 0 saturated carbocycles. The Hall–Kier alpha value is -1.18. The smallest absolute Gasteiger partial charge is 0.231 e. The summed E-state index contributed by atoms with van der Waals surface area (Å²) in [5, 5.41) is 3.41. The van der Waals surface area contributed by atoms with Gasteiger partial charge < -0.3 is 19.7 Å². The fourth-order valence-corrected chi connectivity index (χ4v) is 2.05. The molecule has 1 aromatic rings. The topological polar surface area (TPSA) is 72.4 Å². The van der Waals surface area contributed by atoms with E-state index in [9.17, 15) is 0 Å². The Morgan fingerprint density at radius 3 is 2.80 bits per heavy atom. The Morgan fingerprint density at radius 2 is 2.10 bits per heavy atom. The van der Waals surface area contributed by atoms with Crippen LogP contribution in [0.5, 0.6) is 0 Å². The third-order valence-corrected chi connectivity index (χ3v) is 3.19. The lowest BCUT2D eigenvalue weighted by Gasteiger charge is -2.27. The third kappa shape index (κ3) is 4.43. The van der Waals surface area contributed by atoms with E-state index >= 15 is 0 Å². The largest absolute Gasteiger partial charge is 0.385 e. The molecule has 0 aliphatic carbocycles. The predicted octanol–water partition coefficient (Wildman–Crippen LogP) is 1.20. The van der Waals surface area contributed by atoms with Crippen molar-refractivity contribution in [3.63, 3.8) is 0 Å². The Balaban J connectivity index is 2.03. The summed E-state index contributed by atoms with van der Waals surface area (Å²) in [5.41, 5.74) is 0. The molecule has 1 N–H and O–H groups in total. The number of nitrogens with one attached hydrogen (secondary N) is 1. The molecule has 20 heavy (non-hydrogen) atoms. The van der Waals surface area contributed by atoms with Gasteiger partial charge in [-0.2, -0.15) is 15.0 Å². The number of hydrogen-bond acceptors (Lipinski definition) is 7. The standard InChI is InChI=1S/C12H20ClN5O2/c1-9(3-6-19-2)14-11-15-10(13)16-12(17-11)18-4-7-20-8-5-18/h9H,3-8H2,1-2H3,(H,14,15,16,17). The molecule has 1 unspecified atom stereocenters. The Labute approximate surface area is 123 Å². The molecule has 8 heteroatoms. The zero-order valence-electron chi connectivity index (χ0n) is 11.8. The van der Waals surface area contributed by atoms with Crippen LogP contribution in [-0.4, -0.2) is 61.0 Å². The number of anilines is 2. The van der Waals surface area contributed by atoms with E-state index in [1.807, 2.05) is 11.8 Å². The van der Waals surface area contributed by atoms with Crippen molar-refractivity contribution in [2.45, 2.75) is 19.4 Å². The van der Waals surface area contributed by atoms with Gasteiger partial charge in [-0.3, -0.25) is 0 Å². The lowest BCUT2D eigenvalue weighted by molar-refractivity contribution is 0.122. The number of aromatic nitrogens is 3. The summed E-state index contributed by atoms with van der Waals surface area (Å²) < 4.78 is 10.4. The molecule has 0 aromatic carbocycles. The van der Waals surface area contributed by atoms with E-state index in [0.717, 1.165) is 19.5 Å². The summed E-state index contributed by atoms with van der Waals surface area (Å²) in [7, 11) is 1.68. The molecule has 0 bridgehead atoms. The second-order valence-electron chi connectivity index (χ2n) is 4.65. The van der Waals surface area contributed by atoms with Gasteiger partial charge in [-0.15, -0.1) is 0 Å². The van der Waals surface area contributed by atoms with Crippen molar-refractivity contribution < 1.29 is 9.47 Å². The SMILES string of the molecule is COCCC(C)Nc1nc(Cl)nc(N2CCOCC2)n1. The van der Waals surface area contributed by atoms with Gasteiger partial charge in [-0.1, -0.05) is 0 Å². The molecule has 1 aromatic heterocycles. The first-order valence-electron chi connectivity index (χ1n) is 6.69. The van der Waals surface area contributed by atoms with Crippen LogP contribution in [0.3, 0.4) is 0 Å². The van der Waals surface area contributed by atoms with Crippen molar-refractivity contribution in [2.75, 3.05) is 50.2 Å². The summed E-state index contributed by atoms with van der Waals surface area (Å²) in [4.78, 5) is 14.7. The van der Waals surface area contributed by atoms with Crippen molar-refractivity contribution in [1.29, 1.82) is 0 Å². The molecule has 1 atom stereocenters. The van der Waals surface area contributed by atoms with Gasteiger partial charge in [0.15, 0.2) is 0 Å². The van der Waals surface area contributed by atoms with E-state index in [0.29, 0.717) is 31.7 Å². The fourth-order valence-electron chi connectivity index (χ4n) is 1.90. The average molecular weight is 302 g/mol. The van der Waals surface area contributed by atoms with Crippen LogP contribution in [0, 0.1) is 0 Å². The average Bonchev–Trinajstić information content (AvgIpc) is 2.45. The van der Waals surface area contributed by atoms with Gasteiger partial charge in [-0.05, 0) is 24.9 Å². The minimum absolute atomic E-state index is 0.197. The molecule has 0 amide bonds. The molecular formula is C12H20ClN5O2. The van der Waals surface area contributed by atoms with Gasteiger partial charge >= 0.3 is 0 Å². The van der Waals surface area contributed by atoms with Crippen molar-refractivity contribution in [2.24, 2.45) is 0 Å². The van der Waals surface area contributed by atoms with Gasteiger partial charge in [0.1, 0.15) is 0 Å². The number of morpholine rings is 1. The zero-order chi connectivity index (χ0) is 14.4. The number of hydrogen-bond donors (Lipinski definition) is 1. The van der Waals surface area contributed by atoms with Gasteiger partial charge in [-0.25, -0.2) is 0 Å². The van der Waals surface area contributed by atoms with Crippen LogP contribution in [0.15, 0.2) is 0 Å². The number of halogens is 1. The highest BCUT2D eigenvalue weighted by atomic mass is 35.5. The number of ether oxygens (including phenoxy) is 2. The second-order valence-corrected chi connectivity index (χ2v) is 4.99. The molecule has 2 rings (SSSR count). The molecule has 0 radical (unpaired) electrons. The third-order valence-electron chi connectivity index (χ3n) is 3.02. The van der Waals surface area contributed by atoms with E-state index in [-0.39, 0.29) is 11.3 Å². The van der Waals surface area contributed by atoms with Gasteiger partial charge in [0.25, 0.3) is 0 Å². The molecule has 1 fully saturated rings. The Morgan fingerprint density at radius 1 is 1.35 bits per heavy atom. The van der Waals surface area contributed by atoms with Crippen LogP contribution in [0.4, 0.5) is 11.9 Å². The van der Waals surface area contributed by atoms with Crippen LogP contribution in [0.2, 0.25) is 5.28 Å². The number of nitrogens with zero attached hydrogens (tertiary/aromatic N) is 4. The van der Waals surface area contributed by atoms with Gasteiger partial charge in [0.2, 0.25) is 17.2 Å². The second kappa shape index (κ2) is 7.56. The quantitative estimate of drug-likeness (QED) is 0.846. The van der Waals surface area contributed by atoms with E-state index in [2.05, 4.69) is 20.3 Å². The summed E-state index contributed by atoms with van der Waals surface area (Å²) in [6.07, 6.45) is 0.868. The van der Waals surface area contributed by atoms with E-state index in [1.165, 1.54) is 0 Å². The maximum absolute atomic E-state index is 5.97. The molecule has 0 spiro atoms. The van der Waals surface area contributed by atoms with Crippen molar-refractivity contribution in [1.82, 2.24) is 15.0 Å². The maximum atomic E-state index is 5.97. The van der Waals surface area contributed by atoms with Crippen LogP contribution < -0.4 is 10.2 Å². The van der Waals surface area contributed by atoms with E-state index in [1.54, 1.807) is 7.11 Å². The molecule has 1 aliphatic heterocycles. The highest BCUT2D eigenvalue weighted by Crippen LogP contribution is 2.15. The van der Waals surface area contributed by atoms with Crippen molar-refractivity contribution in [3.8, 4) is 0 Å². The molecule has 1 saturated heterocycles. The van der Waals surface area contributed by atoms with Crippen molar-refractivity contribution >= 4 is 23.5 Å². The fraction of sp³-hybridized carbons (Fsp3) is 0.750. The summed E-state index contributed by atoms with van der Waals surface area (Å²) in [6.45, 7) is 5.61. The number of methoxy groups -OCH3 is 1. The summed E-state index contributed by atoms with van der Waals surface area (Å²) in [6, 6.07) is 0.200. The maximum Gasteiger partial charge on any atom is 0.231 e. The first-order chi connectivity index (χ1) is 9.69.